The summed E-state index contributed by atoms with van der Waals surface area (Å²) in [4.78, 5) is 11.8. The van der Waals surface area contributed by atoms with Crippen molar-refractivity contribution in [3.63, 3.8) is 0 Å². The summed E-state index contributed by atoms with van der Waals surface area (Å²) in [6.45, 7) is 6.98. The molecule has 0 bridgehead atoms. The van der Waals surface area contributed by atoms with Crippen LogP contribution >= 0.6 is 12.4 Å². The van der Waals surface area contributed by atoms with E-state index in [-0.39, 0.29) is 24.2 Å². The van der Waals surface area contributed by atoms with E-state index in [4.69, 9.17) is 4.74 Å². The van der Waals surface area contributed by atoms with Crippen LogP contribution in [0.1, 0.15) is 12.5 Å². The first-order chi connectivity index (χ1) is 9.16. The molecule has 1 fully saturated rings. The number of benzene rings is 1. The van der Waals surface area contributed by atoms with Crippen molar-refractivity contribution in [1.29, 1.82) is 0 Å². The van der Waals surface area contributed by atoms with E-state index < -0.39 is 0 Å². The molecule has 20 heavy (non-hydrogen) atoms. The van der Waals surface area contributed by atoms with Gasteiger partial charge in [0.15, 0.2) is 0 Å². The average Bonchev–Trinajstić information content (AvgIpc) is 2.32. The predicted octanol–water partition coefficient (Wildman–Crippen LogP) is 1.77. The molecule has 0 saturated carbocycles. The van der Waals surface area contributed by atoms with E-state index >= 15 is 0 Å². The average molecular weight is 299 g/mol. The highest BCUT2D eigenvalue weighted by Crippen LogP contribution is 2.15. The second-order valence-electron chi connectivity index (χ2n) is 5.16. The van der Waals surface area contributed by atoms with Crippen LogP contribution in [0.15, 0.2) is 24.3 Å². The number of nitrogens with one attached hydrogen (secondary N) is 2. The first kappa shape index (κ1) is 16.8. The van der Waals surface area contributed by atoms with Crippen LogP contribution in [0.5, 0.6) is 5.75 Å². The van der Waals surface area contributed by atoms with E-state index in [1.165, 1.54) is 5.56 Å². The molecule has 1 amide bonds. The highest BCUT2D eigenvalue weighted by atomic mass is 35.5. The van der Waals surface area contributed by atoms with Crippen LogP contribution in [0.3, 0.4) is 0 Å². The van der Waals surface area contributed by atoms with Crippen molar-refractivity contribution >= 4 is 18.3 Å². The van der Waals surface area contributed by atoms with Gasteiger partial charge >= 0.3 is 0 Å². The molecule has 0 aliphatic carbocycles. The maximum atomic E-state index is 11.8. The zero-order valence-corrected chi connectivity index (χ0v) is 12.8. The number of aryl methyl sites for hydroxylation is 1. The van der Waals surface area contributed by atoms with E-state index in [1.54, 1.807) is 0 Å². The quantitative estimate of drug-likeness (QED) is 0.787. The molecule has 0 radical (unpaired) electrons. The van der Waals surface area contributed by atoms with Crippen molar-refractivity contribution in [2.45, 2.75) is 13.8 Å². The Kier molecular flexibility index (Phi) is 6.82. The minimum atomic E-state index is 0. The van der Waals surface area contributed by atoms with Crippen LogP contribution in [0, 0.1) is 18.8 Å². The van der Waals surface area contributed by atoms with Gasteiger partial charge in [-0.05, 0) is 43.6 Å². The fourth-order valence-electron chi connectivity index (χ4n) is 2.09. The van der Waals surface area contributed by atoms with Crippen LogP contribution in [0.4, 0.5) is 0 Å². The summed E-state index contributed by atoms with van der Waals surface area (Å²) in [5, 5.41) is 6.11. The lowest BCUT2D eigenvalue weighted by Crippen LogP contribution is -2.49. The van der Waals surface area contributed by atoms with Gasteiger partial charge in [0.2, 0.25) is 5.91 Å². The number of hydrogen-bond donors (Lipinski definition) is 2. The van der Waals surface area contributed by atoms with E-state index in [0.29, 0.717) is 19.1 Å². The zero-order chi connectivity index (χ0) is 13.7. The number of carbonyl (C=O) groups is 1. The minimum absolute atomic E-state index is 0. The Morgan fingerprint density at radius 3 is 2.85 bits per heavy atom. The molecule has 1 unspecified atom stereocenters. The van der Waals surface area contributed by atoms with Gasteiger partial charge in [0, 0.05) is 5.92 Å². The third kappa shape index (κ3) is 4.69. The largest absolute Gasteiger partial charge is 0.492 e. The van der Waals surface area contributed by atoms with E-state index in [2.05, 4.69) is 10.6 Å². The number of hydrogen-bond acceptors (Lipinski definition) is 3. The molecule has 1 aliphatic rings. The van der Waals surface area contributed by atoms with Crippen molar-refractivity contribution < 1.29 is 9.53 Å². The molecule has 4 nitrogen and oxygen atoms in total. The first-order valence-electron chi connectivity index (χ1n) is 6.84. The topological polar surface area (TPSA) is 50.4 Å². The monoisotopic (exact) mass is 298 g/mol. The number of rotatable bonds is 6. The lowest BCUT2D eigenvalue weighted by Gasteiger charge is -2.31. The lowest BCUT2D eigenvalue weighted by molar-refractivity contribution is -0.126. The molecular weight excluding hydrogens is 276 g/mol. The van der Waals surface area contributed by atoms with E-state index in [1.807, 2.05) is 38.1 Å². The summed E-state index contributed by atoms with van der Waals surface area (Å²) >= 11 is 0. The Labute approximate surface area is 126 Å². The molecule has 2 rings (SSSR count). The molecule has 1 aromatic carbocycles. The van der Waals surface area contributed by atoms with Gasteiger partial charge in [0.05, 0.1) is 6.54 Å². The van der Waals surface area contributed by atoms with Gasteiger partial charge in [-0.15, -0.1) is 12.4 Å². The summed E-state index contributed by atoms with van der Waals surface area (Å²) in [7, 11) is 0. The summed E-state index contributed by atoms with van der Waals surface area (Å²) in [6.07, 6.45) is 0. The standard InChI is InChI=1S/C15H22N2O2.ClH/c1-11-4-3-5-14(8-11)19-7-6-17-15(18)12(2)13-9-16-10-13;/h3-5,8,12-13,16H,6-7,9-10H2,1-2H3,(H,17,18);1H. The van der Waals surface area contributed by atoms with Crippen molar-refractivity contribution in [2.24, 2.45) is 11.8 Å². The van der Waals surface area contributed by atoms with Gasteiger partial charge in [-0.25, -0.2) is 0 Å². The van der Waals surface area contributed by atoms with Gasteiger partial charge in [0.25, 0.3) is 0 Å². The Bertz CT molecular complexity index is 436. The van der Waals surface area contributed by atoms with E-state index in [9.17, 15) is 4.79 Å². The molecule has 1 atom stereocenters. The number of carbonyl (C=O) groups excluding carboxylic acids is 1. The van der Waals surface area contributed by atoms with Crippen molar-refractivity contribution in [1.82, 2.24) is 10.6 Å². The van der Waals surface area contributed by atoms with Crippen LogP contribution in [0.2, 0.25) is 0 Å². The molecule has 1 heterocycles. The van der Waals surface area contributed by atoms with Gasteiger partial charge in [-0.3, -0.25) is 4.79 Å². The molecule has 0 aromatic heterocycles. The Morgan fingerprint density at radius 2 is 2.25 bits per heavy atom. The highest BCUT2D eigenvalue weighted by Gasteiger charge is 2.28. The van der Waals surface area contributed by atoms with E-state index in [0.717, 1.165) is 18.8 Å². The van der Waals surface area contributed by atoms with Gasteiger partial charge < -0.3 is 15.4 Å². The Balaban J connectivity index is 0.00000200. The zero-order valence-electron chi connectivity index (χ0n) is 12.0. The normalized spacial score (nSPS) is 15.7. The Morgan fingerprint density at radius 1 is 1.50 bits per heavy atom. The summed E-state index contributed by atoms with van der Waals surface area (Å²) in [5.74, 6) is 1.54. The van der Waals surface area contributed by atoms with Crippen LogP contribution < -0.4 is 15.4 Å². The van der Waals surface area contributed by atoms with Crippen molar-refractivity contribution in [2.75, 3.05) is 26.2 Å². The third-order valence-corrected chi connectivity index (χ3v) is 3.59. The SMILES string of the molecule is Cc1cccc(OCCNC(=O)C(C)C2CNC2)c1.Cl. The maximum Gasteiger partial charge on any atom is 0.223 e. The fourth-order valence-corrected chi connectivity index (χ4v) is 2.09. The van der Waals surface area contributed by atoms with Crippen molar-refractivity contribution in [3.05, 3.63) is 29.8 Å². The molecular formula is C15H23ClN2O2. The summed E-state index contributed by atoms with van der Waals surface area (Å²) < 4.78 is 5.59. The maximum absolute atomic E-state index is 11.8. The van der Waals surface area contributed by atoms with Crippen LogP contribution in [-0.2, 0) is 4.79 Å². The number of amides is 1. The van der Waals surface area contributed by atoms with Crippen LogP contribution in [-0.4, -0.2) is 32.1 Å². The minimum Gasteiger partial charge on any atom is -0.492 e. The van der Waals surface area contributed by atoms with Crippen molar-refractivity contribution in [3.8, 4) is 5.75 Å². The van der Waals surface area contributed by atoms with Gasteiger partial charge in [-0.2, -0.15) is 0 Å². The highest BCUT2D eigenvalue weighted by molar-refractivity contribution is 5.85. The molecule has 2 N–H and O–H groups in total. The molecule has 0 spiro atoms. The molecule has 5 heteroatoms. The second-order valence-corrected chi connectivity index (χ2v) is 5.16. The second kappa shape index (κ2) is 8.12. The summed E-state index contributed by atoms with van der Waals surface area (Å²) in [5.41, 5.74) is 1.17. The predicted molar refractivity (Wildman–Crippen MR) is 82.5 cm³/mol. The van der Waals surface area contributed by atoms with Gasteiger partial charge in [0.1, 0.15) is 12.4 Å². The first-order valence-corrected chi connectivity index (χ1v) is 6.84. The smallest absolute Gasteiger partial charge is 0.223 e. The molecule has 1 aliphatic heterocycles. The molecule has 112 valence electrons. The lowest BCUT2D eigenvalue weighted by atomic mass is 9.88. The molecule has 1 aromatic rings. The molecule has 1 saturated heterocycles. The Hall–Kier alpha value is -1.26. The third-order valence-electron chi connectivity index (χ3n) is 3.59. The summed E-state index contributed by atoms with van der Waals surface area (Å²) in [6, 6.07) is 7.92. The van der Waals surface area contributed by atoms with Crippen LogP contribution in [0.25, 0.3) is 0 Å². The van der Waals surface area contributed by atoms with Gasteiger partial charge in [-0.1, -0.05) is 19.1 Å². The fraction of sp³-hybridized carbons (Fsp3) is 0.533. The number of ether oxygens (including phenoxy) is 1. The number of halogens is 1.